The summed E-state index contributed by atoms with van der Waals surface area (Å²) in [5, 5.41) is 18.8. The summed E-state index contributed by atoms with van der Waals surface area (Å²) >= 11 is 13.4. The highest BCUT2D eigenvalue weighted by molar-refractivity contribution is 6.52. The summed E-state index contributed by atoms with van der Waals surface area (Å²) in [4.78, 5) is 38.2. The predicted molar refractivity (Wildman–Crippen MR) is 158 cm³/mol. The van der Waals surface area contributed by atoms with Gasteiger partial charge in [-0.3, -0.25) is 18.7 Å². The Morgan fingerprint density at radius 2 is 1.91 bits per heavy atom. The molecule has 2 amide bonds. The molecule has 3 aromatic heterocycles. The van der Waals surface area contributed by atoms with E-state index in [9.17, 15) is 22.8 Å². The SMILES string of the molecule is N#CCn1cc(-c2cnc3c(NC4=CC=C(C(=O)N5CCN(C(=O)[C@@H]6CCNC6)CC5)C(Cl)(Cl)C4)nccn23)c(C(F)(F)F)n1. The number of hydrogen-bond donors (Lipinski definition) is 2. The van der Waals surface area contributed by atoms with Crippen molar-refractivity contribution in [2.24, 2.45) is 5.92 Å². The minimum atomic E-state index is -4.76. The van der Waals surface area contributed by atoms with Gasteiger partial charge in [-0.15, -0.1) is 0 Å². The number of carbonyl (C=O) groups excluding carboxylic acids is 2. The number of anilines is 1. The maximum atomic E-state index is 13.8. The van der Waals surface area contributed by atoms with Crippen LogP contribution in [-0.4, -0.2) is 89.4 Å². The standard InChI is InChI=1S/C28H27Cl2F3N10O2/c29-27(30)13-18(1-2-20(27)26(45)41-11-9-40(10-12-41)25(44)17-3-5-35-14-17)38-23-24-37-15-21(43(24)8-6-36-23)19-16-42(7-4-34)39-22(19)28(31,32)33/h1-2,6,8,15-17,35H,3,5,7,9-14H2,(H,36,38)/t17-/m1/s1. The Bertz CT molecular complexity index is 1740. The zero-order valence-electron chi connectivity index (χ0n) is 23.7. The van der Waals surface area contributed by atoms with Crippen LogP contribution in [0.5, 0.6) is 0 Å². The van der Waals surface area contributed by atoms with Crippen LogP contribution in [0.15, 0.2) is 48.2 Å². The smallest absolute Gasteiger partial charge is 0.341 e. The van der Waals surface area contributed by atoms with Crippen molar-refractivity contribution in [2.45, 2.75) is 29.9 Å². The van der Waals surface area contributed by atoms with E-state index < -0.39 is 16.2 Å². The molecule has 5 heterocycles. The van der Waals surface area contributed by atoms with Crippen molar-refractivity contribution in [3.8, 4) is 17.3 Å². The second-order valence-corrected chi connectivity index (χ2v) is 12.4. The average Bonchev–Trinajstić information content (AvgIpc) is 3.77. The lowest BCUT2D eigenvalue weighted by Gasteiger charge is -2.38. The molecule has 236 valence electrons. The van der Waals surface area contributed by atoms with Crippen molar-refractivity contribution in [3.63, 3.8) is 0 Å². The maximum Gasteiger partial charge on any atom is 0.435 e. The third-order valence-electron chi connectivity index (χ3n) is 8.02. The summed E-state index contributed by atoms with van der Waals surface area (Å²) in [5.74, 6) is -0.0175. The van der Waals surface area contributed by atoms with Crippen LogP contribution < -0.4 is 10.6 Å². The number of nitriles is 1. The highest BCUT2D eigenvalue weighted by atomic mass is 35.5. The van der Waals surface area contributed by atoms with E-state index in [2.05, 4.69) is 25.7 Å². The van der Waals surface area contributed by atoms with E-state index in [0.717, 1.165) is 23.8 Å². The monoisotopic (exact) mass is 662 g/mol. The topological polar surface area (TPSA) is 136 Å². The maximum absolute atomic E-state index is 13.8. The van der Waals surface area contributed by atoms with Crippen LogP contribution in [0.25, 0.3) is 16.9 Å². The number of rotatable bonds is 6. The molecule has 12 nitrogen and oxygen atoms in total. The number of nitrogens with zero attached hydrogens (tertiary/aromatic N) is 8. The number of piperazine rings is 1. The molecule has 6 rings (SSSR count). The Balaban J connectivity index is 1.19. The van der Waals surface area contributed by atoms with E-state index >= 15 is 0 Å². The molecule has 2 aliphatic heterocycles. The number of halogens is 5. The quantitative estimate of drug-likeness (QED) is 0.384. The van der Waals surface area contributed by atoms with Crippen molar-refractivity contribution in [1.82, 2.24) is 39.3 Å². The number of fused-ring (bicyclic) bond motifs is 1. The molecule has 45 heavy (non-hydrogen) atoms. The first-order valence-corrected chi connectivity index (χ1v) is 14.9. The van der Waals surface area contributed by atoms with E-state index in [0.29, 0.717) is 38.4 Å². The largest absolute Gasteiger partial charge is 0.435 e. The molecule has 0 spiro atoms. The van der Waals surface area contributed by atoms with Gasteiger partial charge in [-0.25, -0.2) is 9.97 Å². The number of carbonyl (C=O) groups is 2. The summed E-state index contributed by atoms with van der Waals surface area (Å²) < 4.78 is 42.1. The Morgan fingerprint density at radius 1 is 1.16 bits per heavy atom. The van der Waals surface area contributed by atoms with E-state index in [1.807, 2.05) is 0 Å². The lowest BCUT2D eigenvalue weighted by atomic mass is 9.99. The van der Waals surface area contributed by atoms with Gasteiger partial charge in [-0.2, -0.15) is 23.5 Å². The summed E-state index contributed by atoms with van der Waals surface area (Å²) in [6.07, 6.45) is 4.51. The van der Waals surface area contributed by atoms with Crippen LogP contribution in [0.2, 0.25) is 0 Å². The zero-order valence-corrected chi connectivity index (χ0v) is 25.2. The number of allylic oxidation sites excluding steroid dienone is 3. The lowest BCUT2D eigenvalue weighted by molar-refractivity contribution is -0.141. The minimum absolute atomic E-state index is 0.0102. The number of nitrogens with one attached hydrogen (secondary N) is 2. The fourth-order valence-corrected chi connectivity index (χ4v) is 6.34. The number of amides is 2. The molecule has 0 unspecified atom stereocenters. The molecule has 3 aromatic rings. The Labute approximate surface area is 265 Å². The van der Waals surface area contributed by atoms with E-state index in [1.165, 1.54) is 29.1 Å². The zero-order chi connectivity index (χ0) is 31.9. The first-order chi connectivity index (χ1) is 21.5. The second kappa shape index (κ2) is 12.0. The summed E-state index contributed by atoms with van der Waals surface area (Å²) in [6.45, 7) is 2.73. The third kappa shape index (κ3) is 6.09. The van der Waals surface area contributed by atoms with Crippen molar-refractivity contribution in [2.75, 3.05) is 44.6 Å². The van der Waals surface area contributed by atoms with Crippen molar-refractivity contribution < 1.29 is 22.8 Å². The molecule has 2 fully saturated rings. The molecule has 2 N–H and O–H groups in total. The van der Waals surface area contributed by atoms with Crippen molar-refractivity contribution in [1.29, 1.82) is 5.26 Å². The van der Waals surface area contributed by atoms with Crippen LogP contribution in [-0.2, 0) is 22.3 Å². The van der Waals surface area contributed by atoms with Crippen LogP contribution in [0.3, 0.4) is 0 Å². The van der Waals surface area contributed by atoms with Crippen LogP contribution in [0.1, 0.15) is 18.5 Å². The average molecular weight is 663 g/mol. The van der Waals surface area contributed by atoms with Crippen molar-refractivity contribution >= 4 is 46.5 Å². The number of imidazole rings is 1. The van der Waals surface area contributed by atoms with Gasteiger partial charge in [0.05, 0.1) is 35.0 Å². The summed E-state index contributed by atoms with van der Waals surface area (Å²) in [6, 6.07) is 1.78. The fraction of sp³-hybridized carbons (Fsp3) is 0.429. The molecule has 0 radical (unpaired) electrons. The van der Waals surface area contributed by atoms with Gasteiger partial charge in [0.2, 0.25) is 5.91 Å². The van der Waals surface area contributed by atoms with Gasteiger partial charge in [0, 0.05) is 63.4 Å². The lowest BCUT2D eigenvalue weighted by Crippen LogP contribution is -2.53. The molecular weight excluding hydrogens is 636 g/mol. The first-order valence-electron chi connectivity index (χ1n) is 14.2. The fourth-order valence-electron chi connectivity index (χ4n) is 5.77. The Morgan fingerprint density at radius 3 is 2.58 bits per heavy atom. The second-order valence-electron chi connectivity index (χ2n) is 10.9. The van der Waals surface area contributed by atoms with E-state index in [4.69, 9.17) is 28.5 Å². The Kier molecular flexibility index (Phi) is 8.23. The summed E-state index contributed by atoms with van der Waals surface area (Å²) in [7, 11) is 0. The van der Waals surface area contributed by atoms with Gasteiger partial charge in [0.15, 0.2) is 21.5 Å². The molecule has 1 aliphatic carbocycles. The molecule has 0 bridgehead atoms. The molecular formula is C28H27Cl2F3N10O2. The molecule has 1 atom stereocenters. The summed E-state index contributed by atoms with van der Waals surface area (Å²) in [5.41, 5.74) is -0.373. The van der Waals surface area contributed by atoms with Crippen LogP contribution in [0.4, 0.5) is 19.0 Å². The molecule has 2 saturated heterocycles. The molecule has 0 saturated carbocycles. The van der Waals surface area contributed by atoms with Gasteiger partial charge in [-0.05, 0) is 25.1 Å². The van der Waals surface area contributed by atoms with Gasteiger partial charge in [0.25, 0.3) is 5.91 Å². The van der Waals surface area contributed by atoms with E-state index in [-0.39, 0.29) is 59.0 Å². The molecule has 17 heteroatoms. The Hall–Kier alpha value is -4.13. The molecule has 3 aliphatic rings. The molecule has 0 aromatic carbocycles. The number of hydrogen-bond acceptors (Lipinski definition) is 8. The highest BCUT2D eigenvalue weighted by Crippen LogP contribution is 2.41. The van der Waals surface area contributed by atoms with Gasteiger partial charge in [-0.1, -0.05) is 23.2 Å². The number of alkyl halides is 5. The van der Waals surface area contributed by atoms with E-state index in [1.54, 1.807) is 21.9 Å². The highest BCUT2D eigenvalue weighted by Gasteiger charge is 2.41. The first kappa shape index (κ1) is 30.9. The predicted octanol–water partition coefficient (Wildman–Crippen LogP) is 3.22. The van der Waals surface area contributed by atoms with Crippen LogP contribution >= 0.6 is 23.2 Å². The van der Waals surface area contributed by atoms with Gasteiger partial charge >= 0.3 is 6.18 Å². The number of aromatic nitrogens is 5. The third-order valence-corrected chi connectivity index (χ3v) is 8.70. The van der Waals surface area contributed by atoms with Crippen LogP contribution in [0, 0.1) is 17.2 Å². The van der Waals surface area contributed by atoms with Gasteiger partial charge < -0.3 is 20.4 Å². The van der Waals surface area contributed by atoms with Crippen molar-refractivity contribution in [3.05, 3.63) is 53.9 Å². The minimum Gasteiger partial charge on any atom is -0.341 e. The normalized spacial score (nSPS) is 20.1. The van der Waals surface area contributed by atoms with Gasteiger partial charge in [0.1, 0.15) is 6.54 Å².